The van der Waals surface area contributed by atoms with E-state index in [1.54, 1.807) is 48.5 Å². The molecule has 12 N–H and O–H groups in total. The Morgan fingerprint density at radius 2 is 0.339 bits per heavy atom. The fourth-order valence-electron chi connectivity index (χ4n) is 16.5. The second kappa shape index (κ2) is 30.4. The number of phenols is 12. The van der Waals surface area contributed by atoms with Crippen LogP contribution in [0.15, 0.2) is 212 Å². The normalized spacial score (nSPS) is 12.8. The Hall–Kier alpha value is -12.5. The quantitative estimate of drug-likeness (QED) is 0.0301. The third kappa shape index (κ3) is 15.1. The summed E-state index contributed by atoms with van der Waals surface area (Å²) in [5, 5.41) is 139. The van der Waals surface area contributed by atoms with Gasteiger partial charge in [0.15, 0.2) is 0 Å². The van der Waals surface area contributed by atoms with Crippen LogP contribution < -0.4 is 0 Å². The van der Waals surface area contributed by atoms with Gasteiger partial charge in [-0.25, -0.2) is 0 Å². The van der Waals surface area contributed by atoms with E-state index < -0.39 is 16.2 Å². The summed E-state index contributed by atoms with van der Waals surface area (Å²) in [4.78, 5) is 0. The maximum atomic E-state index is 12.5. The van der Waals surface area contributed by atoms with Gasteiger partial charge in [0.2, 0.25) is 0 Å². The molecule has 2 atom stereocenters. The van der Waals surface area contributed by atoms with E-state index in [9.17, 15) is 61.3 Å². The fourth-order valence-corrected chi connectivity index (χ4v) is 16.5. The largest absolute Gasteiger partial charge is 0.508 e. The molecule has 112 heavy (non-hydrogen) atoms. The van der Waals surface area contributed by atoms with Gasteiger partial charge in [-0.05, 0) is 311 Å². The number of rotatable bonds is 21. The van der Waals surface area contributed by atoms with Crippen molar-refractivity contribution in [3.63, 3.8) is 0 Å². The third-order valence-corrected chi connectivity index (χ3v) is 23.7. The molecule has 0 saturated heterocycles. The summed E-state index contributed by atoms with van der Waals surface area (Å²) in [5.74, 6) is 1.32. The highest BCUT2D eigenvalue weighted by molar-refractivity contribution is 5.67. The molecule has 12 heteroatoms. The first-order chi connectivity index (χ1) is 53.1. The summed E-state index contributed by atoms with van der Waals surface area (Å²) in [7, 11) is 0. The molecule has 0 saturated carbocycles. The first-order valence-corrected chi connectivity index (χ1v) is 37.9. The Kier molecular flexibility index (Phi) is 21.1. The first kappa shape index (κ1) is 77.6. The van der Waals surface area contributed by atoms with Crippen molar-refractivity contribution in [1.82, 2.24) is 0 Å². The van der Waals surface area contributed by atoms with Gasteiger partial charge in [0.1, 0.15) is 69.0 Å². The second-order valence-electron chi connectivity index (χ2n) is 31.9. The molecule has 0 aliphatic rings. The highest BCUT2D eigenvalue weighted by Crippen LogP contribution is 2.53. The number of hydrogen-bond acceptors (Lipinski definition) is 12. The number of aryl methyl sites for hydroxylation is 10. The zero-order valence-electron chi connectivity index (χ0n) is 65.8. The summed E-state index contributed by atoms with van der Waals surface area (Å²) in [6.07, 6.45) is 1.65. The predicted molar refractivity (Wildman–Crippen MR) is 445 cm³/mol. The van der Waals surface area contributed by atoms with Gasteiger partial charge in [-0.15, -0.1) is 0 Å². The van der Waals surface area contributed by atoms with Crippen LogP contribution in [0.4, 0.5) is 0 Å². The summed E-state index contributed by atoms with van der Waals surface area (Å²) < 4.78 is 0. The van der Waals surface area contributed by atoms with Gasteiger partial charge < -0.3 is 61.3 Å². The highest BCUT2D eigenvalue weighted by atomic mass is 16.3. The molecule has 0 bridgehead atoms. The average molecular weight is 1490 g/mol. The van der Waals surface area contributed by atoms with Crippen LogP contribution in [-0.4, -0.2) is 61.3 Å². The van der Waals surface area contributed by atoms with E-state index in [1.807, 2.05) is 203 Å². The monoisotopic (exact) mass is 1490 g/mol. The van der Waals surface area contributed by atoms with Crippen LogP contribution in [0.1, 0.15) is 193 Å². The molecule has 0 spiro atoms. The molecule has 0 heterocycles. The summed E-state index contributed by atoms with van der Waals surface area (Å²) in [6.45, 7) is 25.1. The highest BCUT2D eigenvalue weighted by Gasteiger charge is 2.42. The van der Waals surface area contributed by atoms with Gasteiger partial charge in [0.05, 0.1) is 0 Å². The topological polar surface area (TPSA) is 243 Å². The third-order valence-electron chi connectivity index (χ3n) is 23.7. The number of benzene rings is 13. The molecular formula is C100H98O12. The van der Waals surface area contributed by atoms with Gasteiger partial charge in [0.25, 0.3) is 0 Å². The van der Waals surface area contributed by atoms with Crippen LogP contribution in [0.5, 0.6) is 69.0 Å². The van der Waals surface area contributed by atoms with E-state index in [-0.39, 0.29) is 108 Å². The number of hydrogen-bond donors (Lipinski definition) is 12. The molecule has 13 rings (SSSR count). The van der Waals surface area contributed by atoms with Crippen LogP contribution in [0, 0.1) is 69.2 Å². The van der Waals surface area contributed by atoms with Crippen LogP contribution >= 0.6 is 0 Å². The Labute approximate surface area is 656 Å². The standard InChI is InChI=1S/C100H98O12/c1-55-30-65(14-22-86(55)101)40-71-46-77(20-28-92(71)107)98(11,79-36-61(7)94(109)73(48-79)42-67-16-24-88(103)57(3)32-67)83-52-84(99(12,78-21-29-93(108)72(47-78)41-66-15-23-87(102)56(2)31-66)80-37-62(8)95(110)74(49-80)43-68-17-25-89(104)58(4)33-68)54-85(53-83)100(13,81-38-63(9)96(111)75(50-81)44-69-18-26-90(105)59(5)34-69)82-39-64(10)97(112)76(51-82)45-70-19-27-91(106)60(6)35-70/h14-39,46-54,101-112H,40-45H2,1-13H3. The van der Waals surface area contributed by atoms with E-state index in [1.165, 1.54) is 0 Å². The summed E-state index contributed by atoms with van der Waals surface area (Å²) in [6, 6.07) is 66.9. The zero-order chi connectivity index (χ0) is 80.3. The van der Waals surface area contributed by atoms with Gasteiger partial charge >= 0.3 is 0 Å². The molecule has 0 aliphatic carbocycles. The predicted octanol–water partition coefficient (Wildman–Crippen LogP) is 20.8. The first-order valence-electron chi connectivity index (χ1n) is 37.9. The fraction of sp³-hybridized carbons (Fsp3) is 0.220. The number of phenolic OH excluding ortho intramolecular Hbond substituents is 12. The van der Waals surface area contributed by atoms with Crippen molar-refractivity contribution < 1.29 is 61.3 Å². The molecule has 0 aromatic heterocycles. The van der Waals surface area contributed by atoms with Crippen molar-refractivity contribution in [2.75, 3.05) is 0 Å². The van der Waals surface area contributed by atoms with Gasteiger partial charge in [0, 0.05) is 54.8 Å². The van der Waals surface area contributed by atoms with Crippen molar-refractivity contribution in [3.05, 3.63) is 385 Å². The van der Waals surface area contributed by atoms with Crippen molar-refractivity contribution in [3.8, 4) is 69.0 Å². The van der Waals surface area contributed by atoms with Crippen molar-refractivity contribution in [1.29, 1.82) is 0 Å². The maximum absolute atomic E-state index is 12.5. The zero-order valence-corrected chi connectivity index (χ0v) is 65.8. The Morgan fingerprint density at radius 3 is 0.545 bits per heavy atom. The Morgan fingerprint density at radius 1 is 0.170 bits per heavy atom. The Balaban J connectivity index is 1.20. The molecule has 0 aliphatic heterocycles. The van der Waals surface area contributed by atoms with Crippen molar-refractivity contribution >= 4 is 0 Å². The molecular weight excluding hydrogens is 1390 g/mol. The van der Waals surface area contributed by atoms with Crippen molar-refractivity contribution in [2.45, 2.75) is 145 Å². The molecule has 0 amide bonds. The van der Waals surface area contributed by atoms with E-state index in [4.69, 9.17) is 0 Å². The lowest BCUT2D eigenvalue weighted by Gasteiger charge is -2.40. The van der Waals surface area contributed by atoms with Crippen LogP contribution in [-0.2, 0) is 54.8 Å². The van der Waals surface area contributed by atoms with Crippen LogP contribution in [0.2, 0.25) is 0 Å². The second-order valence-corrected chi connectivity index (χ2v) is 31.9. The molecule has 13 aromatic rings. The molecule has 12 nitrogen and oxygen atoms in total. The SMILES string of the molecule is Cc1cc(Cc2cc(C(C)(c3cc(C(C)(c4ccc(O)c(Cc5ccc(O)c(C)c5)c4)c4cc(C)c(O)c(Cc5ccc(O)c(C)c5)c4)cc(C(C)(c4cc(C)c(O)c(Cc5ccc(O)c(C)c5)c4)c4cc(C)c(O)c(Cc5ccc(O)c(C)c5)c4)c3)c3cc(C)c(O)c(Cc4ccc(O)c(C)c4)c3)ccc2O)ccc1O. The van der Waals surface area contributed by atoms with Gasteiger partial charge in [-0.2, -0.15) is 0 Å². The minimum absolute atomic E-state index is 0.0465. The summed E-state index contributed by atoms with van der Waals surface area (Å²) >= 11 is 0. The Bertz CT molecular complexity index is 5530. The number of aromatic hydroxyl groups is 12. The lowest BCUT2D eigenvalue weighted by atomic mass is 9.62. The maximum Gasteiger partial charge on any atom is 0.122 e. The minimum Gasteiger partial charge on any atom is -0.508 e. The summed E-state index contributed by atoms with van der Waals surface area (Å²) in [5.41, 5.74) is 18.0. The molecule has 2 unspecified atom stereocenters. The molecule has 0 radical (unpaired) electrons. The van der Waals surface area contributed by atoms with Crippen LogP contribution in [0.25, 0.3) is 0 Å². The minimum atomic E-state index is -1.30. The van der Waals surface area contributed by atoms with E-state index in [0.29, 0.717) is 89.0 Å². The lowest BCUT2D eigenvalue weighted by Crippen LogP contribution is -2.33. The van der Waals surface area contributed by atoms with E-state index in [0.717, 1.165) is 83.5 Å². The van der Waals surface area contributed by atoms with Gasteiger partial charge in [-0.1, -0.05) is 164 Å². The van der Waals surface area contributed by atoms with E-state index >= 15 is 0 Å². The molecule has 13 aromatic carbocycles. The van der Waals surface area contributed by atoms with Crippen molar-refractivity contribution in [2.24, 2.45) is 0 Å². The smallest absolute Gasteiger partial charge is 0.122 e. The van der Waals surface area contributed by atoms with Gasteiger partial charge in [-0.3, -0.25) is 0 Å². The lowest BCUT2D eigenvalue weighted by molar-refractivity contribution is 0.463. The average Bonchev–Trinajstić information content (AvgIpc) is 0.714. The molecule has 570 valence electrons. The van der Waals surface area contributed by atoms with E-state index in [2.05, 4.69) is 51.1 Å². The molecule has 0 fully saturated rings. The van der Waals surface area contributed by atoms with Crippen LogP contribution in [0.3, 0.4) is 0 Å².